The first kappa shape index (κ1) is 17.5. The summed E-state index contributed by atoms with van der Waals surface area (Å²) in [5, 5.41) is 3.25. The lowest BCUT2D eigenvalue weighted by atomic mass is 10.3. The highest BCUT2D eigenvalue weighted by atomic mass is 35.5. The minimum absolute atomic E-state index is 0.0256. The summed E-state index contributed by atoms with van der Waals surface area (Å²) < 4.78 is 0. The largest absolute Gasteiger partial charge is 0.341 e. The number of para-hydroxylation sites is 1. The molecule has 0 fully saturated rings. The maximum Gasteiger partial charge on any atom is 0.226 e. The minimum atomic E-state index is -0.154. The third-order valence-corrected chi connectivity index (χ3v) is 3.35. The van der Waals surface area contributed by atoms with Crippen molar-refractivity contribution in [2.75, 3.05) is 39.0 Å². The van der Waals surface area contributed by atoms with E-state index in [1.807, 2.05) is 19.0 Å². The fourth-order valence-electron chi connectivity index (χ4n) is 1.76. The van der Waals surface area contributed by atoms with Gasteiger partial charge in [-0.3, -0.25) is 9.59 Å². The number of amides is 2. The Kier molecular flexibility index (Phi) is 7.19. The van der Waals surface area contributed by atoms with Crippen molar-refractivity contribution in [2.45, 2.75) is 13.3 Å². The highest BCUT2D eigenvalue weighted by molar-refractivity contribution is 6.33. The van der Waals surface area contributed by atoms with Crippen molar-refractivity contribution < 1.29 is 9.59 Å². The number of hydrogen-bond acceptors (Lipinski definition) is 3. The molecule has 0 heterocycles. The Labute approximate surface area is 130 Å². The van der Waals surface area contributed by atoms with Crippen LogP contribution in [0.1, 0.15) is 13.3 Å². The lowest BCUT2D eigenvalue weighted by molar-refractivity contribution is -0.129. The van der Waals surface area contributed by atoms with Crippen LogP contribution in [0, 0.1) is 0 Å². The third-order valence-electron chi connectivity index (χ3n) is 3.02. The molecule has 0 aliphatic rings. The monoisotopic (exact) mass is 311 g/mol. The zero-order valence-corrected chi connectivity index (χ0v) is 13.5. The second kappa shape index (κ2) is 8.64. The van der Waals surface area contributed by atoms with Gasteiger partial charge in [-0.15, -0.1) is 0 Å². The molecule has 6 heteroatoms. The van der Waals surface area contributed by atoms with E-state index >= 15 is 0 Å². The van der Waals surface area contributed by atoms with Crippen LogP contribution in [0.25, 0.3) is 0 Å². The van der Waals surface area contributed by atoms with Crippen LogP contribution in [0.5, 0.6) is 0 Å². The Balaban J connectivity index is 2.46. The van der Waals surface area contributed by atoms with E-state index in [-0.39, 0.29) is 18.2 Å². The van der Waals surface area contributed by atoms with E-state index in [4.69, 9.17) is 11.6 Å². The van der Waals surface area contributed by atoms with E-state index < -0.39 is 0 Å². The summed E-state index contributed by atoms with van der Waals surface area (Å²) >= 11 is 5.98. The number of carbonyl (C=O) groups is 2. The maximum atomic E-state index is 11.9. The van der Waals surface area contributed by atoms with Crippen LogP contribution >= 0.6 is 11.6 Å². The molecule has 1 rings (SSSR count). The van der Waals surface area contributed by atoms with Crippen LogP contribution in [0.15, 0.2) is 24.3 Å². The predicted molar refractivity (Wildman–Crippen MR) is 85.5 cm³/mol. The molecular formula is C15H22ClN3O2. The van der Waals surface area contributed by atoms with E-state index in [0.717, 1.165) is 6.54 Å². The van der Waals surface area contributed by atoms with Crippen molar-refractivity contribution in [1.29, 1.82) is 0 Å². The van der Waals surface area contributed by atoms with Crippen molar-refractivity contribution in [2.24, 2.45) is 0 Å². The Morgan fingerprint density at radius 1 is 1.14 bits per heavy atom. The molecule has 0 spiro atoms. The molecular weight excluding hydrogens is 290 g/mol. The molecule has 0 aliphatic carbocycles. The zero-order valence-electron chi connectivity index (χ0n) is 12.7. The van der Waals surface area contributed by atoms with E-state index in [2.05, 4.69) is 5.32 Å². The summed E-state index contributed by atoms with van der Waals surface area (Å²) in [5.41, 5.74) is 0.590. The molecule has 1 N–H and O–H groups in total. The number of likely N-dealkylation sites (N-methyl/N-ethyl adjacent to an activating group) is 1. The highest BCUT2D eigenvalue weighted by Crippen LogP contribution is 2.20. The molecule has 116 valence electrons. The van der Waals surface area contributed by atoms with Crippen LogP contribution < -0.4 is 5.32 Å². The number of anilines is 1. The second-order valence-corrected chi connectivity index (χ2v) is 5.49. The standard InChI is InChI=1S/C15H22ClN3O2/c1-12(20)19(11-10-18(2)3)9-8-15(21)17-14-7-5-4-6-13(14)16/h4-7H,8-11H2,1-3H3,(H,17,21). The summed E-state index contributed by atoms with van der Waals surface area (Å²) in [6, 6.07) is 7.07. The molecule has 0 bridgehead atoms. The molecule has 0 unspecified atom stereocenters. The van der Waals surface area contributed by atoms with Gasteiger partial charge in [0.15, 0.2) is 0 Å². The number of rotatable bonds is 7. The zero-order chi connectivity index (χ0) is 15.8. The van der Waals surface area contributed by atoms with Crippen molar-refractivity contribution in [1.82, 2.24) is 9.80 Å². The van der Waals surface area contributed by atoms with Crippen LogP contribution in [-0.4, -0.2) is 55.3 Å². The van der Waals surface area contributed by atoms with Crippen molar-refractivity contribution in [3.8, 4) is 0 Å². The topological polar surface area (TPSA) is 52.7 Å². The molecule has 5 nitrogen and oxygen atoms in total. The van der Waals surface area contributed by atoms with Crippen molar-refractivity contribution >= 4 is 29.1 Å². The van der Waals surface area contributed by atoms with Crippen molar-refractivity contribution in [3.63, 3.8) is 0 Å². The number of nitrogens with one attached hydrogen (secondary N) is 1. The summed E-state index contributed by atoms with van der Waals surface area (Å²) in [4.78, 5) is 27.1. The molecule has 0 aromatic heterocycles. The molecule has 1 aromatic rings. The van der Waals surface area contributed by atoms with Gasteiger partial charge in [0.25, 0.3) is 0 Å². The van der Waals surface area contributed by atoms with E-state index in [1.165, 1.54) is 6.92 Å². The van der Waals surface area contributed by atoms with Crippen LogP contribution in [0.3, 0.4) is 0 Å². The average molecular weight is 312 g/mol. The number of halogens is 1. The van der Waals surface area contributed by atoms with Gasteiger partial charge in [-0.1, -0.05) is 23.7 Å². The molecule has 0 saturated carbocycles. The van der Waals surface area contributed by atoms with Gasteiger partial charge in [0.05, 0.1) is 10.7 Å². The van der Waals surface area contributed by atoms with Gasteiger partial charge in [0, 0.05) is 33.0 Å². The lowest BCUT2D eigenvalue weighted by Crippen LogP contribution is -2.37. The number of hydrogen-bond donors (Lipinski definition) is 1. The van der Waals surface area contributed by atoms with Gasteiger partial charge in [0.1, 0.15) is 0 Å². The Hall–Kier alpha value is -1.59. The SMILES string of the molecule is CC(=O)N(CCC(=O)Nc1ccccc1Cl)CCN(C)C. The molecule has 0 atom stereocenters. The van der Waals surface area contributed by atoms with Crippen LogP contribution in [0.4, 0.5) is 5.69 Å². The summed E-state index contributed by atoms with van der Waals surface area (Å²) in [7, 11) is 3.89. The number of benzene rings is 1. The number of carbonyl (C=O) groups excluding carboxylic acids is 2. The number of nitrogens with zero attached hydrogens (tertiary/aromatic N) is 2. The summed E-state index contributed by atoms with van der Waals surface area (Å²) in [6.45, 7) is 3.30. The third kappa shape index (κ3) is 6.60. The van der Waals surface area contributed by atoms with E-state index in [9.17, 15) is 9.59 Å². The van der Waals surface area contributed by atoms with Gasteiger partial charge in [-0.2, -0.15) is 0 Å². The lowest BCUT2D eigenvalue weighted by Gasteiger charge is -2.22. The maximum absolute atomic E-state index is 11.9. The van der Waals surface area contributed by atoms with Gasteiger partial charge >= 0.3 is 0 Å². The fourth-order valence-corrected chi connectivity index (χ4v) is 1.94. The molecule has 0 aliphatic heterocycles. The summed E-state index contributed by atoms with van der Waals surface area (Å²) in [5.74, 6) is -0.179. The molecule has 21 heavy (non-hydrogen) atoms. The minimum Gasteiger partial charge on any atom is -0.341 e. The Morgan fingerprint density at radius 3 is 2.38 bits per heavy atom. The predicted octanol–water partition coefficient (Wildman–Crippen LogP) is 2.08. The van der Waals surface area contributed by atoms with Crippen molar-refractivity contribution in [3.05, 3.63) is 29.3 Å². The van der Waals surface area contributed by atoms with Gasteiger partial charge in [-0.05, 0) is 26.2 Å². The molecule has 0 radical (unpaired) electrons. The molecule has 1 aromatic carbocycles. The first-order valence-corrected chi connectivity index (χ1v) is 7.22. The second-order valence-electron chi connectivity index (χ2n) is 5.09. The van der Waals surface area contributed by atoms with Gasteiger partial charge in [-0.25, -0.2) is 0 Å². The van der Waals surface area contributed by atoms with E-state index in [0.29, 0.717) is 23.8 Å². The van der Waals surface area contributed by atoms with Crippen LogP contribution in [0.2, 0.25) is 5.02 Å². The quantitative estimate of drug-likeness (QED) is 0.839. The molecule has 0 saturated heterocycles. The first-order chi connectivity index (χ1) is 9.90. The normalized spacial score (nSPS) is 10.5. The Morgan fingerprint density at radius 2 is 1.81 bits per heavy atom. The first-order valence-electron chi connectivity index (χ1n) is 6.84. The smallest absolute Gasteiger partial charge is 0.226 e. The Bertz CT molecular complexity index is 492. The fraction of sp³-hybridized carbons (Fsp3) is 0.467. The van der Waals surface area contributed by atoms with Gasteiger partial charge in [0.2, 0.25) is 11.8 Å². The highest BCUT2D eigenvalue weighted by Gasteiger charge is 2.12. The van der Waals surface area contributed by atoms with E-state index in [1.54, 1.807) is 29.2 Å². The summed E-state index contributed by atoms with van der Waals surface area (Å²) in [6.07, 6.45) is 0.248. The average Bonchev–Trinajstić information content (AvgIpc) is 2.40. The molecule has 2 amide bonds. The van der Waals surface area contributed by atoms with Gasteiger partial charge < -0.3 is 15.1 Å². The van der Waals surface area contributed by atoms with Crippen LogP contribution in [-0.2, 0) is 9.59 Å².